The second kappa shape index (κ2) is 5.54. The number of nitrogens with two attached hydrogens (primary N) is 1. The smallest absolute Gasteiger partial charge is 0.144 e. The van der Waals surface area contributed by atoms with Crippen molar-refractivity contribution in [2.75, 3.05) is 19.5 Å². The molecule has 0 fully saturated rings. The third-order valence-corrected chi connectivity index (χ3v) is 3.40. The molecule has 3 rings (SSSR count). The van der Waals surface area contributed by atoms with E-state index in [0.29, 0.717) is 30.2 Å². The maximum Gasteiger partial charge on any atom is 0.144 e. The zero-order chi connectivity index (χ0) is 14.8. The number of methoxy groups -OCH3 is 1. The summed E-state index contributed by atoms with van der Waals surface area (Å²) in [5.74, 6) is 0.233. The highest BCUT2D eigenvalue weighted by Crippen LogP contribution is 2.28. The van der Waals surface area contributed by atoms with Crippen LogP contribution in [-0.2, 0) is 11.3 Å². The first kappa shape index (κ1) is 13.6. The van der Waals surface area contributed by atoms with Crippen LogP contribution >= 0.6 is 0 Å². The van der Waals surface area contributed by atoms with E-state index in [1.54, 1.807) is 19.2 Å². The number of fused-ring (bicyclic) bond motifs is 1. The first-order valence-corrected chi connectivity index (χ1v) is 6.70. The molecule has 0 atom stereocenters. The van der Waals surface area contributed by atoms with Crippen LogP contribution in [0.5, 0.6) is 0 Å². The molecule has 0 amide bonds. The van der Waals surface area contributed by atoms with Crippen LogP contribution in [0, 0.1) is 5.82 Å². The van der Waals surface area contributed by atoms with E-state index in [1.165, 1.54) is 6.07 Å². The Hall–Kier alpha value is -2.40. The fourth-order valence-corrected chi connectivity index (χ4v) is 2.40. The van der Waals surface area contributed by atoms with Crippen LogP contribution in [0.2, 0.25) is 0 Å². The molecule has 0 radical (unpaired) electrons. The van der Waals surface area contributed by atoms with Crippen molar-refractivity contribution in [2.45, 2.75) is 6.54 Å². The summed E-state index contributed by atoms with van der Waals surface area (Å²) in [5.41, 5.74) is 8.47. The number of nitrogens with zero attached hydrogens (tertiary/aromatic N) is 2. The van der Waals surface area contributed by atoms with E-state index in [2.05, 4.69) is 4.98 Å². The lowest BCUT2D eigenvalue weighted by atomic mass is 10.1. The van der Waals surface area contributed by atoms with Crippen molar-refractivity contribution in [2.24, 2.45) is 0 Å². The topological polar surface area (TPSA) is 53.1 Å². The van der Waals surface area contributed by atoms with Crippen LogP contribution in [-0.4, -0.2) is 23.3 Å². The molecule has 1 heterocycles. The molecule has 2 N–H and O–H groups in total. The van der Waals surface area contributed by atoms with Crippen LogP contribution in [0.4, 0.5) is 10.1 Å². The average molecular weight is 285 g/mol. The summed E-state index contributed by atoms with van der Waals surface area (Å²) in [6, 6.07) is 12.2. The van der Waals surface area contributed by atoms with Gasteiger partial charge in [-0.1, -0.05) is 12.1 Å². The highest BCUT2D eigenvalue weighted by atomic mass is 19.1. The Bertz CT molecular complexity index is 782. The molecule has 1 aromatic heterocycles. The SMILES string of the molecule is COCCn1c(-c2cc(N)ccc2F)nc2ccccc21. The van der Waals surface area contributed by atoms with Crippen molar-refractivity contribution in [1.82, 2.24) is 9.55 Å². The molecule has 3 aromatic rings. The highest BCUT2D eigenvalue weighted by Gasteiger charge is 2.15. The highest BCUT2D eigenvalue weighted by molar-refractivity contribution is 5.81. The molecule has 4 nitrogen and oxygen atoms in total. The van der Waals surface area contributed by atoms with E-state index >= 15 is 0 Å². The van der Waals surface area contributed by atoms with Crippen molar-refractivity contribution in [3.8, 4) is 11.4 Å². The Morgan fingerprint density at radius 1 is 1.24 bits per heavy atom. The van der Waals surface area contributed by atoms with Gasteiger partial charge in [-0.05, 0) is 30.3 Å². The van der Waals surface area contributed by atoms with E-state index in [4.69, 9.17) is 10.5 Å². The molecule has 108 valence electrons. The minimum Gasteiger partial charge on any atom is -0.399 e. The molecular formula is C16H16FN3O. The molecule has 21 heavy (non-hydrogen) atoms. The van der Waals surface area contributed by atoms with Crippen LogP contribution in [0.25, 0.3) is 22.4 Å². The summed E-state index contributed by atoms with van der Waals surface area (Å²) in [7, 11) is 1.64. The maximum atomic E-state index is 14.1. The fourth-order valence-electron chi connectivity index (χ4n) is 2.40. The van der Waals surface area contributed by atoms with Crippen LogP contribution < -0.4 is 5.73 Å². The number of para-hydroxylation sites is 2. The van der Waals surface area contributed by atoms with Crippen molar-refractivity contribution in [3.63, 3.8) is 0 Å². The van der Waals surface area contributed by atoms with Gasteiger partial charge in [0.1, 0.15) is 11.6 Å². The lowest BCUT2D eigenvalue weighted by Gasteiger charge is -2.10. The number of hydrogen-bond acceptors (Lipinski definition) is 3. The first-order chi connectivity index (χ1) is 10.2. The van der Waals surface area contributed by atoms with E-state index in [-0.39, 0.29) is 5.82 Å². The Morgan fingerprint density at radius 2 is 2.05 bits per heavy atom. The molecule has 0 bridgehead atoms. The lowest BCUT2D eigenvalue weighted by Crippen LogP contribution is -2.06. The van der Waals surface area contributed by atoms with Gasteiger partial charge < -0.3 is 15.0 Å². The lowest BCUT2D eigenvalue weighted by molar-refractivity contribution is 0.188. The van der Waals surface area contributed by atoms with E-state index in [0.717, 1.165) is 11.0 Å². The van der Waals surface area contributed by atoms with Crippen molar-refractivity contribution >= 4 is 16.7 Å². The number of imidazole rings is 1. The van der Waals surface area contributed by atoms with Crippen molar-refractivity contribution in [3.05, 3.63) is 48.3 Å². The zero-order valence-corrected chi connectivity index (χ0v) is 11.7. The summed E-state index contributed by atoms with van der Waals surface area (Å²) in [6.45, 7) is 1.12. The van der Waals surface area contributed by atoms with Gasteiger partial charge in [0.05, 0.1) is 23.2 Å². The van der Waals surface area contributed by atoms with E-state index < -0.39 is 0 Å². The molecule has 0 saturated heterocycles. The number of rotatable bonds is 4. The molecular weight excluding hydrogens is 269 g/mol. The van der Waals surface area contributed by atoms with Gasteiger partial charge in [0.2, 0.25) is 0 Å². The predicted octanol–water partition coefficient (Wildman–Crippen LogP) is 3.07. The predicted molar refractivity (Wildman–Crippen MR) is 81.4 cm³/mol. The monoisotopic (exact) mass is 285 g/mol. The number of halogens is 1. The van der Waals surface area contributed by atoms with Gasteiger partial charge in [0.15, 0.2) is 0 Å². The number of benzene rings is 2. The summed E-state index contributed by atoms with van der Waals surface area (Å²) >= 11 is 0. The van der Waals surface area contributed by atoms with Gasteiger partial charge in [-0.3, -0.25) is 0 Å². The third kappa shape index (κ3) is 2.48. The number of aromatic nitrogens is 2. The largest absolute Gasteiger partial charge is 0.399 e. The molecule has 5 heteroatoms. The number of ether oxygens (including phenoxy) is 1. The van der Waals surface area contributed by atoms with Gasteiger partial charge in [-0.2, -0.15) is 0 Å². The number of nitrogen functional groups attached to an aromatic ring is 1. The Kier molecular flexibility index (Phi) is 3.58. The van der Waals surface area contributed by atoms with Crippen LogP contribution in [0.15, 0.2) is 42.5 Å². The van der Waals surface area contributed by atoms with E-state index in [1.807, 2.05) is 28.8 Å². The maximum absolute atomic E-state index is 14.1. The minimum absolute atomic E-state index is 0.335. The van der Waals surface area contributed by atoms with Crippen LogP contribution in [0.1, 0.15) is 0 Å². The molecule has 0 aliphatic carbocycles. The van der Waals surface area contributed by atoms with Gasteiger partial charge in [0.25, 0.3) is 0 Å². The molecule has 0 spiro atoms. The number of hydrogen-bond donors (Lipinski definition) is 1. The molecule has 0 aliphatic heterocycles. The van der Waals surface area contributed by atoms with Crippen molar-refractivity contribution in [1.29, 1.82) is 0 Å². The quantitative estimate of drug-likeness (QED) is 0.749. The second-order valence-electron chi connectivity index (χ2n) is 4.81. The summed E-state index contributed by atoms with van der Waals surface area (Å²) in [4.78, 5) is 4.55. The molecule has 0 aliphatic rings. The Labute approximate surface area is 122 Å². The standard InChI is InChI=1S/C16H16FN3O/c1-21-9-8-20-15-5-3-2-4-14(15)19-16(20)12-10-11(18)6-7-13(12)17/h2-7,10H,8-9,18H2,1H3. The van der Waals surface area contributed by atoms with Gasteiger partial charge in [0, 0.05) is 19.3 Å². The van der Waals surface area contributed by atoms with Crippen molar-refractivity contribution < 1.29 is 9.13 Å². The summed E-state index contributed by atoms with van der Waals surface area (Å²) in [6.07, 6.45) is 0. The molecule has 0 saturated carbocycles. The minimum atomic E-state index is -0.335. The van der Waals surface area contributed by atoms with Gasteiger partial charge in [-0.25, -0.2) is 9.37 Å². The summed E-state index contributed by atoms with van der Waals surface area (Å²) < 4.78 is 21.2. The average Bonchev–Trinajstić information content (AvgIpc) is 2.86. The Balaban J connectivity index is 2.23. The van der Waals surface area contributed by atoms with Crippen LogP contribution in [0.3, 0.4) is 0 Å². The Morgan fingerprint density at radius 3 is 2.86 bits per heavy atom. The van der Waals surface area contributed by atoms with Gasteiger partial charge in [-0.15, -0.1) is 0 Å². The van der Waals surface area contributed by atoms with E-state index in [9.17, 15) is 4.39 Å². The summed E-state index contributed by atoms with van der Waals surface area (Å²) in [5, 5.41) is 0. The van der Waals surface area contributed by atoms with Gasteiger partial charge >= 0.3 is 0 Å². The fraction of sp³-hybridized carbons (Fsp3) is 0.188. The first-order valence-electron chi connectivity index (χ1n) is 6.70. The normalized spacial score (nSPS) is 11.1. The zero-order valence-electron chi connectivity index (χ0n) is 11.7. The second-order valence-corrected chi connectivity index (χ2v) is 4.81. The third-order valence-electron chi connectivity index (χ3n) is 3.40. The molecule has 2 aromatic carbocycles. The number of anilines is 1. The molecule has 0 unspecified atom stereocenters.